The molecule has 1 aromatic carbocycles. The molecule has 0 amide bonds. The minimum Gasteiger partial charge on any atom is -0.372 e. The Balaban J connectivity index is 2.19. The summed E-state index contributed by atoms with van der Waals surface area (Å²) in [6.45, 7) is 0.307. The molecule has 0 fully saturated rings. The lowest BCUT2D eigenvalue weighted by atomic mass is 10.2. The van der Waals surface area contributed by atoms with Crippen molar-refractivity contribution in [3.8, 4) is 0 Å². The van der Waals surface area contributed by atoms with E-state index in [0.29, 0.717) is 23.1 Å². The van der Waals surface area contributed by atoms with E-state index in [1.54, 1.807) is 0 Å². The molecular formula is C9H8ClN5O2. The molecule has 2 N–H and O–H groups in total. The maximum atomic E-state index is 10.8. The van der Waals surface area contributed by atoms with Crippen molar-refractivity contribution in [3.63, 3.8) is 0 Å². The van der Waals surface area contributed by atoms with E-state index in [2.05, 4.69) is 20.5 Å². The third-order valence-electron chi connectivity index (χ3n) is 2.07. The van der Waals surface area contributed by atoms with Gasteiger partial charge in [0, 0.05) is 11.1 Å². The van der Waals surface area contributed by atoms with Gasteiger partial charge in [0.15, 0.2) is 0 Å². The summed E-state index contributed by atoms with van der Waals surface area (Å²) in [6.07, 6.45) is 1.36. The largest absolute Gasteiger partial charge is 0.372 e. The molecule has 0 bridgehead atoms. The van der Waals surface area contributed by atoms with E-state index in [-0.39, 0.29) is 5.69 Å². The Labute approximate surface area is 101 Å². The Bertz CT molecular complexity index is 528. The molecule has 0 atom stereocenters. The maximum absolute atomic E-state index is 10.8. The van der Waals surface area contributed by atoms with Gasteiger partial charge in [-0.3, -0.25) is 15.2 Å². The second-order valence-electron chi connectivity index (χ2n) is 3.20. The van der Waals surface area contributed by atoms with Gasteiger partial charge in [0.05, 0.1) is 11.5 Å². The highest BCUT2D eigenvalue weighted by molar-refractivity contribution is 6.31. The van der Waals surface area contributed by atoms with Crippen LogP contribution in [0.25, 0.3) is 0 Å². The summed E-state index contributed by atoms with van der Waals surface area (Å²) in [5.74, 6) is 0.583. The molecule has 0 saturated carbocycles. The van der Waals surface area contributed by atoms with Gasteiger partial charge in [-0.25, -0.2) is 4.98 Å². The van der Waals surface area contributed by atoms with E-state index in [1.165, 1.54) is 24.5 Å². The zero-order valence-electron chi connectivity index (χ0n) is 8.55. The lowest BCUT2D eigenvalue weighted by Gasteiger charge is -2.05. The van der Waals surface area contributed by atoms with Gasteiger partial charge in [-0.2, -0.15) is 5.10 Å². The summed E-state index contributed by atoms with van der Waals surface area (Å²) in [6, 6.07) is 4.32. The van der Waals surface area contributed by atoms with Gasteiger partial charge < -0.3 is 5.32 Å². The van der Waals surface area contributed by atoms with E-state index in [4.69, 9.17) is 11.6 Å². The Morgan fingerprint density at radius 2 is 2.35 bits per heavy atom. The lowest BCUT2D eigenvalue weighted by molar-refractivity contribution is -0.384. The molecule has 0 aliphatic carbocycles. The number of H-pyrrole nitrogens is 1. The second-order valence-corrected chi connectivity index (χ2v) is 3.64. The molecule has 88 valence electrons. The van der Waals surface area contributed by atoms with Crippen LogP contribution in [-0.4, -0.2) is 20.1 Å². The summed E-state index contributed by atoms with van der Waals surface area (Å²) in [4.78, 5) is 14.2. The fourth-order valence-corrected chi connectivity index (χ4v) is 1.48. The van der Waals surface area contributed by atoms with Crippen molar-refractivity contribution in [1.82, 2.24) is 15.2 Å². The molecule has 8 heteroatoms. The molecule has 7 nitrogen and oxygen atoms in total. The monoisotopic (exact) mass is 253 g/mol. The molecule has 0 radical (unpaired) electrons. The average molecular weight is 254 g/mol. The van der Waals surface area contributed by atoms with E-state index in [1.807, 2.05) is 0 Å². The first kappa shape index (κ1) is 11.3. The van der Waals surface area contributed by atoms with Crippen LogP contribution < -0.4 is 5.32 Å². The summed E-state index contributed by atoms with van der Waals surface area (Å²) < 4.78 is 0. The van der Waals surface area contributed by atoms with Crippen molar-refractivity contribution in [2.75, 3.05) is 5.32 Å². The van der Waals surface area contributed by atoms with Gasteiger partial charge in [-0.1, -0.05) is 11.6 Å². The first-order valence-electron chi connectivity index (χ1n) is 4.69. The van der Waals surface area contributed by atoms with Crippen molar-refractivity contribution in [2.45, 2.75) is 6.54 Å². The van der Waals surface area contributed by atoms with Crippen LogP contribution in [0.4, 0.5) is 11.4 Å². The Kier molecular flexibility index (Phi) is 3.20. The molecule has 0 spiro atoms. The molecular weight excluding hydrogens is 246 g/mol. The quantitative estimate of drug-likeness (QED) is 0.641. The molecule has 1 heterocycles. The predicted molar refractivity (Wildman–Crippen MR) is 61.8 cm³/mol. The fourth-order valence-electron chi connectivity index (χ4n) is 1.30. The number of aromatic nitrogens is 3. The number of rotatable bonds is 4. The number of anilines is 1. The average Bonchev–Trinajstić information content (AvgIpc) is 2.78. The first-order valence-corrected chi connectivity index (χ1v) is 5.06. The smallest absolute Gasteiger partial charge is 0.292 e. The van der Waals surface area contributed by atoms with E-state index < -0.39 is 4.92 Å². The zero-order chi connectivity index (χ0) is 12.3. The SMILES string of the molecule is O=[N+]([O-])c1ccc(Cl)cc1NCc1ncn[nH]1. The lowest BCUT2D eigenvalue weighted by Crippen LogP contribution is -2.04. The van der Waals surface area contributed by atoms with E-state index in [9.17, 15) is 10.1 Å². The number of hydrogen-bond acceptors (Lipinski definition) is 5. The van der Waals surface area contributed by atoms with E-state index >= 15 is 0 Å². The molecule has 0 aliphatic heterocycles. The minimum atomic E-state index is -0.473. The van der Waals surface area contributed by atoms with Crippen molar-refractivity contribution in [1.29, 1.82) is 0 Å². The van der Waals surface area contributed by atoms with Gasteiger partial charge in [-0.05, 0) is 12.1 Å². The van der Waals surface area contributed by atoms with Gasteiger partial charge in [0.2, 0.25) is 0 Å². The maximum Gasteiger partial charge on any atom is 0.292 e. The standard InChI is InChI=1S/C9H8ClN5O2/c10-6-1-2-8(15(16)17)7(3-6)11-4-9-12-5-13-14-9/h1-3,5,11H,4H2,(H,12,13,14). The van der Waals surface area contributed by atoms with Gasteiger partial charge >= 0.3 is 0 Å². The highest BCUT2D eigenvalue weighted by atomic mass is 35.5. The molecule has 0 aliphatic rings. The van der Waals surface area contributed by atoms with Crippen molar-refractivity contribution in [2.24, 2.45) is 0 Å². The predicted octanol–water partition coefficient (Wildman–Crippen LogP) is 1.98. The van der Waals surface area contributed by atoms with Crippen LogP contribution >= 0.6 is 11.6 Å². The highest BCUT2D eigenvalue weighted by Gasteiger charge is 2.13. The summed E-state index contributed by atoms with van der Waals surface area (Å²) >= 11 is 5.78. The molecule has 2 rings (SSSR count). The number of halogens is 1. The van der Waals surface area contributed by atoms with Gasteiger partial charge in [0.1, 0.15) is 17.8 Å². The number of nitro groups is 1. The minimum absolute atomic E-state index is 0.0334. The molecule has 0 unspecified atom stereocenters. The number of nitrogens with zero attached hydrogens (tertiary/aromatic N) is 3. The fraction of sp³-hybridized carbons (Fsp3) is 0.111. The number of hydrogen-bond donors (Lipinski definition) is 2. The van der Waals surface area contributed by atoms with Crippen LogP contribution in [0.5, 0.6) is 0 Å². The van der Waals surface area contributed by atoms with Crippen LogP contribution in [-0.2, 0) is 6.54 Å². The molecule has 0 saturated heterocycles. The Hall–Kier alpha value is -2.15. The normalized spacial score (nSPS) is 10.2. The number of aromatic amines is 1. The van der Waals surface area contributed by atoms with Crippen LogP contribution in [0.1, 0.15) is 5.82 Å². The molecule has 1 aromatic heterocycles. The van der Waals surface area contributed by atoms with Gasteiger partial charge in [0.25, 0.3) is 5.69 Å². The van der Waals surface area contributed by atoms with Crippen LogP contribution in [0, 0.1) is 10.1 Å². The van der Waals surface area contributed by atoms with Crippen molar-refractivity contribution in [3.05, 3.63) is 45.5 Å². The topological polar surface area (TPSA) is 96.7 Å². The van der Waals surface area contributed by atoms with Gasteiger partial charge in [-0.15, -0.1) is 0 Å². The molecule has 2 aromatic rings. The van der Waals surface area contributed by atoms with Crippen LogP contribution in [0.2, 0.25) is 5.02 Å². The third kappa shape index (κ3) is 2.70. The Morgan fingerprint density at radius 1 is 1.53 bits per heavy atom. The Morgan fingerprint density at radius 3 is 3.00 bits per heavy atom. The summed E-state index contributed by atoms with van der Waals surface area (Å²) in [5.41, 5.74) is 0.313. The zero-order valence-corrected chi connectivity index (χ0v) is 9.31. The number of nitro benzene ring substituents is 1. The third-order valence-corrected chi connectivity index (χ3v) is 2.30. The van der Waals surface area contributed by atoms with Crippen molar-refractivity contribution >= 4 is 23.0 Å². The second kappa shape index (κ2) is 4.79. The molecule has 17 heavy (non-hydrogen) atoms. The van der Waals surface area contributed by atoms with Crippen LogP contribution in [0.3, 0.4) is 0 Å². The van der Waals surface area contributed by atoms with E-state index in [0.717, 1.165) is 0 Å². The summed E-state index contributed by atoms with van der Waals surface area (Å²) in [5, 5.41) is 20.4. The summed E-state index contributed by atoms with van der Waals surface area (Å²) in [7, 11) is 0. The van der Waals surface area contributed by atoms with Crippen molar-refractivity contribution < 1.29 is 4.92 Å². The first-order chi connectivity index (χ1) is 8.16. The number of benzene rings is 1. The highest BCUT2D eigenvalue weighted by Crippen LogP contribution is 2.27. The van der Waals surface area contributed by atoms with Crippen LogP contribution in [0.15, 0.2) is 24.5 Å². The number of nitrogens with one attached hydrogen (secondary N) is 2.